The maximum Gasteiger partial charge on any atom is 0.147 e. The highest BCUT2D eigenvalue weighted by molar-refractivity contribution is 7.99. The first kappa shape index (κ1) is 13.8. The number of hydrazine groups is 1. The average molecular weight is 274 g/mol. The van der Waals surface area contributed by atoms with Crippen molar-refractivity contribution in [3.8, 4) is 0 Å². The number of hydrogen-bond acceptors (Lipinski definition) is 5. The lowest BCUT2D eigenvalue weighted by Gasteiger charge is -2.12. The Morgan fingerprint density at radius 2 is 2.05 bits per heavy atom. The van der Waals surface area contributed by atoms with E-state index in [4.69, 9.17) is 5.84 Å². The number of aryl methyl sites for hydroxylation is 1. The molecule has 0 aliphatic rings. The van der Waals surface area contributed by atoms with Crippen LogP contribution < -0.4 is 11.3 Å². The fourth-order valence-electron chi connectivity index (χ4n) is 1.86. The molecule has 0 radical (unpaired) electrons. The van der Waals surface area contributed by atoms with Crippen LogP contribution in [0.3, 0.4) is 0 Å². The molecule has 4 nitrogen and oxygen atoms in total. The Kier molecular flexibility index (Phi) is 4.76. The second kappa shape index (κ2) is 6.54. The fraction of sp³-hybridized carbons (Fsp3) is 0.286. The maximum atomic E-state index is 5.52. The van der Waals surface area contributed by atoms with Gasteiger partial charge < -0.3 is 5.43 Å². The van der Waals surface area contributed by atoms with Crippen LogP contribution in [0, 0.1) is 6.92 Å². The molecule has 0 saturated heterocycles. The molecule has 19 heavy (non-hydrogen) atoms. The van der Waals surface area contributed by atoms with Gasteiger partial charge in [0, 0.05) is 10.5 Å². The first-order valence-corrected chi connectivity index (χ1v) is 7.12. The quantitative estimate of drug-likeness (QED) is 0.498. The van der Waals surface area contributed by atoms with Crippen molar-refractivity contribution in [2.75, 3.05) is 5.43 Å². The first-order valence-electron chi connectivity index (χ1n) is 6.30. The summed E-state index contributed by atoms with van der Waals surface area (Å²) in [5.74, 6) is 6.24. The summed E-state index contributed by atoms with van der Waals surface area (Å²) < 4.78 is 0. The summed E-state index contributed by atoms with van der Waals surface area (Å²) in [4.78, 5) is 9.79. The molecule has 0 atom stereocenters. The Bertz CT molecular complexity index is 557. The first-order chi connectivity index (χ1) is 9.26. The van der Waals surface area contributed by atoms with E-state index in [1.165, 1.54) is 10.5 Å². The lowest BCUT2D eigenvalue weighted by atomic mass is 10.2. The highest BCUT2D eigenvalue weighted by atomic mass is 32.2. The summed E-state index contributed by atoms with van der Waals surface area (Å²) in [6.07, 6.45) is 3.49. The molecule has 3 N–H and O–H groups in total. The molecule has 1 aromatic carbocycles. The highest BCUT2D eigenvalue weighted by Gasteiger charge is 2.12. The molecular formula is C14H18N4S. The van der Waals surface area contributed by atoms with E-state index in [0.717, 1.165) is 23.4 Å². The van der Waals surface area contributed by atoms with E-state index >= 15 is 0 Å². The number of nitrogens with zero attached hydrogens (tertiary/aromatic N) is 2. The largest absolute Gasteiger partial charge is 0.308 e. The molecule has 0 fully saturated rings. The van der Waals surface area contributed by atoms with Crippen LogP contribution in [-0.2, 0) is 6.42 Å². The van der Waals surface area contributed by atoms with Crippen LogP contribution in [0.2, 0.25) is 0 Å². The minimum Gasteiger partial charge on any atom is -0.308 e. The Balaban J connectivity index is 2.37. The zero-order chi connectivity index (χ0) is 13.7. The number of rotatable bonds is 5. The van der Waals surface area contributed by atoms with Gasteiger partial charge in [-0.05, 0) is 25.0 Å². The molecule has 5 heteroatoms. The number of anilines is 1. The molecular weight excluding hydrogens is 256 g/mol. The normalized spacial score (nSPS) is 10.5. The molecule has 1 heterocycles. The summed E-state index contributed by atoms with van der Waals surface area (Å²) in [6, 6.07) is 8.29. The van der Waals surface area contributed by atoms with Crippen molar-refractivity contribution in [3.05, 3.63) is 41.7 Å². The SMILES string of the molecule is CCCc1c(NN)ncnc1Sc1ccccc1C. The van der Waals surface area contributed by atoms with Crippen LogP contribution in [0.15, 0.2) is 40.5 Å². The summed E-state index contributed by atoms with van der Waals surface area (Å²) in [7, 11) is 0. The van der Waals surface area contributed by atoms with Gasteiger partial charge in [0.25, 0.3) is 0 Å². The van der Waals surface area contributed by atoms with Gasteiger partial charge in [-0.2, -0.15) is 0 Å². The third kappa shape index (κ3) is 3.24. The van der Waals surface area contributed by atoms with Crippen molar-refractivity contribution < 1.29 is 0 Å². The molecule has 0 aliphatic heterocycles. The van der Waals surface area contributed by atoms with Gasteiger partial charge in [0.1, 0.15) is 17.2 Å². The third-order valence-electron chi connectivity index (χ3n) is 2.84. The number of nitrogens with two attached hydrogens (primary N) is 1. The van der Waals surface area contributed by atoms with E-state index in [-0.39, 0.29) is 0 Å². The zero-order valence-corrected chi connectivity index (χ0v) is 12.0. The molecule has 0 saturated carbocycles. The van der Waals surface area contributed by atoms with Crippen LogP contribution in [0.25, 0.3) is 0 Å². The van der Waals surface area contributed by atoms with Gasteiger partial charge in [-0.1, -0.05) is 43.3 Å². The number of aromatic nitrogens is 2. The van der Waals surface area contributed by atoms with Gasteiger partial charge in [0.05, 0.1) is 0 Å². The molecule has 0 amide bonds. The lowest BCUT2D eigenvalue weighted by Crippen LogP contribution is -2.12. The second-order valence-corrected chi connectivity index (χ2v) is 5.30. The van der Waals surface area contributed by atoms with Crippen molar-refractivity contribution in [1.29, 1.82) is 0 Å². The van der Waals surface area contributed by atoms with Gasteiger partial charge in [-0.25, -0.2) is 15.8 Å². The monoisotopic (exact) mass is 274 g/mol. The van der Waals surface area contributed by atoms with Crippen molar-refractivity contribution >= 4 is 17.6 Å². The molecule has 0 aliphatic carbocycles. The summed E-state index contributed by atoms with van der Waals surface area (Å²) in [6.45, 7) is 4.24. The molecule has 0 unspecified atom stereocenters. The van der Waals surface area contributed by atoms with E-state index in [9.17, 15) is 0 Å². The summed E-state index contributed by atoms with van der Waals surface area (Å²) in [5.41, 5.74) is 4.99. The number of benzene rings is 1. The van der Waals surface area contributed by atoms with Gasteiger partial charge >= 0.3 is 0 Å². The molecule has 0 spiro atoms. The van der Waals surface area contributed by atoms with Crippen LogP contribution in [0.5, 0.6) is 0 Å². The van der Waals surface area contributed by atoms with E-state index in [1.807, 2.05) is 12.1 Å². The number of nitrogens with one attached hydrogen (secondary N) is 1. The van der Waals surface area contributed by atoms with Crippen LogP contribution in [-0.4, -0.2) is 9.97 Å². The Labute approximate surface area is 117 Å². The number of hydrogen-bond donors (Lipinski definition) is 2. The zero-order valence-electron chi connectivity index (χ0n) is 11.2. The van der Waals surface area contributed by atoms with E-state index in [0.29, 0.717) is 5.82 Å². The van der Waals surface area contributed by atoms with Crippen LogP contribution >= 0.6 is 11.8 Å². The van der Waals surface area contributed by atoms with Gasteiger partial charge in [0.15, 0.2) is 0 Å². The van der Waals surface area contributed by atoms with Crippen molar-refractivity contribution in [2.45, 2.75) is 36.6 Å². The van der Waals surface area contributed by atoms with Crippen LogP contribution in [0.1, 0.15) is 24.5 Å². The predicted molar refractivity (Wildman–Crippen MR) is 79.1 cm³/mol. The minimum atomic E-state index is 0.716. The average Bonchev–Trinajstić information content (AvgIpc) is 2.43. The maximum absolute atomic E-state index is 5.52. The third-order valence-corrected chi connectivity index (χ3v) is 4.07. The van der Waals surface area contributed by atoms with Gasteiger partial charge in [-0.15, -0.1) is 0 Å². The molecule has 100 valence electrons. The smallest absolute Gasteiger partial charge is 0.147 e. The summed E-state index contributed by atoms with van der Waals surface area (Å²) in [5, 5.41) is 0.971. The van der Waals surface area contributed by atoms with E-state index < -0.39 is 0 Å². The highest BCUT2D eigenvalue weighted by Crippen LogP contribution is 2.33. The minimum absolute atomic E-state index is 0.716. The summed E-state index contributed by atoms with van der Waals surface area (Å²) >= 11 is 1.66. The standard InChI is InChI=1S/C14H18N4S/c1-3-6-11-13(18-15)16-9-17-14(11)19-12-8-5-4-7-10(12)2/h4-5,7-9H,3,6,15H2,1-2H3,(H,16,17,18). The van der Waals surface area contributed by atoms with Crippen molar-refractivity contribution in [3.63, 3.8) is 0 Å². The topological polar surface area (TPSA) is 63.8 Å². The fourth-order valence-corrected chi connectivity index (χ4v) is 2.86. The Morgan fingerprint density at radius 3 is 2.74 bits per heavy atom. The van der Waals surface area contributed by atoms with Gasteiger partial charge in [-0.3, -0.25) is 0 Å². The predicted octanol–water partition coefficient (Wildman–Crippen LogP) is 3.17. The van der Waals surface area contributed by atoms with Crippen molar-refractivity contribution in [2.24, 2.45) is 5.84 Å². The van der Waals surface area contributed by atoms with Gasteiger partial charge in [0.2, 0.25) is 0 Å². The van der Waals surface area contributed by atoms with E-state index in [1.54, 1.807) is 18.1 Å². The second-order valence-electron chi connectivity index (χ2n) is 4.27. The molecule has 1 aromatic heterocycles. The Hall–Kier alpha value is -1.59. The lowest BCUT2D eigenvalue weighted by molar-refractivity contribution is 0.856. The van der Waals surface area contributed by atoms with Crippen molar-refractivity contribution in [1.82, 2.24) is 9.97 Å². The van der Waals surface area contributed by atoms with Crippen LogP contribution in [0.4, 0.5) is 5.82 Å². The van der Waals surface area contributed by atoms with E-state index in [2.05, 4.69) is 41.4 Å². The molecule has 2 aromatic rings. The molecule has 2 rings (SSSR count). The number of nitrogen functional groups attached to an aromatic ring is 1. The Morgan fingerprint density at radius 1 is 1.26 bits per heavy atom. The molecule has 0 bridgehead atoms.